The second-order valence-corrected chi connectivity index (χ2v) is 11.4. The summed E-state index contributed by atoms with van der Waals surface area (Å²) < 4.78 is 14.3. The van der Waals surface area contributed by atoms with Crippen molar-refractivity contribution in [3.05, 3.63) is 46.0 Å². The van der Waals surface area contributed by atoms with Crippen molar-refractivity contribution in [1.82, 2.24) is 14.5 Å². The molecule has 0 spiro atoms. The monoisotopic (exact) mass is 497 g/mol. The minimum atomic E-state index is 0.0444. The molecule has 0 saturated carbocycles. The van der Waals surface area contributed by atoms with Gasteiger partial charge in [-0.1, -0.05) is 13.8 Å². The van der Waals surface area contributed by atoms with E-state index in [2.05, 4.69) is 49.7 Å². The van der Waals surface area contributed by atoms with Crippen LogP contribution in [0.15, 0.2) is 35.5 Å². The fourth-order valence-electron chi connectivity index (χ4n) is 4.64. The van der Waals surface area contributed by atoms with Crippen molar-refractivity contribution in [2.45, 2.75) is 65.5 Å². The lowest BCUT2D eigenvalue weighted by molar-refractivity contribution is 0.0497. The topological polar surface area (TPSA) is 56.6 Å². The standard InChI is InChI=1S/C28H39N3O3S/c1-6-10-31(28(3,4)7-2)17-23-14-24-26(35-23)25(18-30(5)27(24)32)21-13-22(16-29-15-21)34-19-20-8-11-33-12-9-20/h13-16,18,20H,6-12,17,19H2,1-5H3. The molecule has 7 heteroatoms. The molecule has 4 rings (SSSR count). The first-order valence-electron chi connectivity index (χ1n) is 12.9. The summed E-state index contributed by atoms with van der Waals surface area (Å²) in [5, 5.41) is 0.782. The highest BCUT2D eigenvalue weighted by Gasteiger charge is 2.25. The molecule has 4 heterocycles. The van der Waals surface area contributed by atoms with Crippen LogP contribution in [0.4, 0.5) is 0 Å². The van der Waals surface area contributed by atoms with E-state index in [1.54, 1.807) is 22.1 Å². The van der Waals surface area contributed by atoms with Gasteiger partial charge in [0, 0.05) is 65.4 Å². The van der Waals surface area contributed by atoms with Crippen LogP contribution in [0.5, 0.6) is 5.75 Å². The molecular weight excluding hydrogens is 458 g/mol. The van der Waals surface area contributed by atoms with E-state index in [9.17, 15) is 4.79 Å². The van der Waals surface area contributed by atoms with E-state index in [4.69, 9.17) is 9.47 Å². The number of fused-ring (bicyclic) bond motifs is 1. The average Bonchev–Trinajstić information content (AvgIpc) is 3.29. The Morgan fingerprint density at radius 2 is 2.00 bits per heavy atom. The van der Waals surface area contributed by atoms with E-state index in [0.29, 0.717) is 12.5 Å². The predicted octanol–water partition coefficient (Wildman–Crippen LogP) is 5.87. The Morgan fingerprint density at radius 1 is 1.23 bits per heavy atom. The van der Waals surface area contributed by atoms with Crippen LogP contribution in [0.2, 0.25) is 0 Å². The van der Waals surface area contributed by atoms with Crippen molar-refractivity contribution in [3.8, 4) is 16.9 Å². The molecule has 0 aromatic carbocycles. The molecule has 0 aliphatic carbocycles. The highest BCUT2D eigenvalue weighted by atomic mass is 32.1. The van der Waals surface area contributed by atoms with Crippen LogP contribution < -0.4 is 10.3 Å². The minimum absolute atomic E-state index is 0.0444. The molecule has 0 bridgehead atoms. The lowest BCUT2D eigenvalue weighted by Gasteiger charge is -2.37. The average molecular weight is 498 g/mol. The van der Waals surface area contributed by atoms with Crippen molar-refractivity contribution in [2.24, 2.45) is 13.0 Å². The molecule has 35 heavy (non-hydrogen) atoms. The molecule has 1 saturated heterocycles. The van der Waals surface area contributed by atoms with E-state index in [0.717, 1.165) is 78.9 Å². The van der Waals surface area contributed by atoms with E-state index < -0.39 is 0 Å². The maximum Gasteiger partial charge on any atom is 0.259 e. The molecule has 6 nitrogen and oxygen atoms in total. The van der Waals surface area contributed by atoms with Crippen LogP contribution >= 0.6 is 11.3 Å². The zero-order valence-corrected chi connectivity index (χ0v) is 22.6. The molecule has 0 radical (unpaired) electrons. The molecule has 190 valence electrons. The first-order chi connectivity index (χ1) is 16.8. The number of pyridine rings is 2. The van der Waals surface area contributed by atoms with Crippen molar-refractivity contribution < 1.29 is 9.47 Å². The molecule has 0 N–H and O–H groups in total. The molecule has 0 amide bonds. The van der Waals surface area contributed by atoms with Gasteiger partial charge in [0.2, 0.25) is 0 Å². The number of hydrogen-bond donors (Lipinski definition) is 0. The molecule has 0 unspecified atom stereocenters. The summed E-state index contributed by atoms with van der Waals surface area (Å²) in [7, 11) is 1.82. The van der Waals surface area contributed by atoms with E-state index in [1.165, 1.54) is 4.88 Å². The van der Waals surface area contributed by atoms with Crippen LogP contribution in [0.25, 0.3) is 21.2 Å². The summed E-state index contributed by atoms with van der Waals surface area (Å²) in [6.45, 7) is 13.3. The molecule has 1 aliphatic rings. The van der Waals surface area contributed by atoms with Gasteiger partial charge in [0.25, 0.3) is 5.56 Å². The predicted molar refractivity (Wildman–Crippen MR) is 144 cm³/mol. The van der Waals surface area contributed by atoms with Gasteiger partial charge in [0.15, 0.2) is 0 Å². The maximum absolute atomic E-state index is 13.0. The summed E-state index contributed by atoms with van der Waals surface area (Å²) in [5.74, 6) is 1.29. The number of aryl methyl sites for hydroxylation is 1. The Labute approximate surface area is 212 Å². The number of ether oxygens (including phenoxy) is 2. The van der Waals surface area contributed by atoms with Crippen LogP contribution in [0.1, 0.15) is 58.3 Å². The Hall–Kier alpha value is -2.22. The third-order valence-corrected chi connectivity index (χ3v) is 8.47. The van der Waals surface area contributed by atoms with Crippen LogP contribution in [0, 0.1) is 5.92 Å². The van der Waals surface area contributed by atoms with Gasteiger partial charge < -0.3 is 14.0 Å². The fourth-order valence-corrected chi connectivity index (χ4v) is 5.83. The first-order valence-corrected chi connectivity index (χ1v) is 13.7. The van der Waals surface area contributed by atoms with Gasteiger partial charge in [-0.2, -0.15) is 0 Å². The second kappa shape index (κ2) is 11.2. The quantitative estimate of drug-likeness (QED) is 0.351. The fraction of sp³-hybridized carbons (Fsp3) is 0.571. The number of hydrogen-bond acceptors (Lipinski definition) is 6. The van der Waals surface area contributed by atoms with Gasteiger partial charge in [-0.15, -0.1) is 11.3 Å². The van der Waals surface area contributed by atoms with Gasteiger partial charge in [0.05, 0.1) is 18.2 Å². The Balaban J connectivity index is 1.65. The van der Waals surface area contributed by atoms with Crippen LogP contribution in [-0.2, 0) is 18.3 Å². The Bertz CT molecular complexity index is 1190. The van der Waals surface area contributed by atoms with Crippen molar-refractivity contribution in [3.63, 3.8) is 0 Å². The third-order valence-electron chi connectivity index (χ3n) is 7.31. The summed E-state index contributed by atoms with van der Waals surface area (Å²) in [6.07, 6.45) is 9.84. The van der Waals surface area contributed by atoms with Gasteiger partial charge in [-0.05, 0) is 64.1 Å². The molecule has 1 aliphatic heterocycles. The number of rotatable bonds is 10. The highest BCUT2D eigenvalue weighted by molar-refractivity contribution is 7.19. The number of aromatic nitrogens is 2. The zero-order valence-electron chi connectivity index (χ0n) is 21.8. The van der Waals surface area contributed by atoms with Gasteiger partial charge >= 0.3 is 0 Å². The van der Waals surface area contributed by atoms with Gasteiger partial charge in [-0.3, -0.25) is 14.7 Å². The van der Waals surface area contributed by atoms with Crippen LogP contribution in [-0.4, -0.2) is 46.4 Å². The zero-order chi connectivity index (χ0) is 25.0. The minimum Gasteiger partial charge on any atom is -0.492 e. The SMILES string of the molecule is CCCN(Cc1cc2c(=O)n(C)cc(-c3cncc(OCC4CCOCC4)c3)c2s1)C(C)(C)CC. The van der Waals surface area contributed by atoms with Gasteiger partial charge in [-0.25, -0.2) is 0 Å². The van der Waals surface area contributed by atoms with E-state index in [-0.39, 0.29) is 11.1 Å². The molecular formula is C28H39N3O3S. The largest absolute Gasteiger partial charge is 0.492 e. The van der Waals surface area contributed by atoms with E-state index >= 15 is 0 Å². The smallest absolute Gasteiger partial charge is 0.259 e. The Morgan fingerprint density at radius 3 is 2.71 bits per heavy atom. The summed E-state index contributed by atoms with van der Waals surface area (Å²) in [6, 6.07) is 4.15. The summed E-state index contributed by atoms with van der Waals surface area (Å²) >= 11 is 1.73. The van der Waals surface area contributed by atoms with Crippen molar-refractivity contribution in [1.29, 1.82) is 0 Å². The normalized spacial score (nSPS) is 15.3. The van der Waals surface area contributed by atoms with Crippen molar-refractivity contribution >= 4 is 21.4 Å². The van der Waals surface area contributed by atoms with Crippen molar-refractivity contribution in [2.75, 3.05) is 26.4 Å². The molecule has 3 aromatic rings. The molecule has 3 aromatic heterocycles. The highest BCUT2D eigenvalue weighted by Crippen LogP contribution is 2.35. The number of thiophene rings is 1. The van der Waals surface area contributed by atoms with Crippen LogP contribution in [0.3, 0.4) is 0 Å². The van der Waals surface area contributed by atoms with E-state index in [1.807, 2.05) is 19.4 Å². The van der Waals surface area contributed by atoms with Gasteiger partial charge in [0.1, 0.15) is 5.75 Å². The molecule has 0 atom stereocenters. The summed E-state index contributed by atoms with van der Waals surface area (Å²) in [4.78, 5) is 21.3. The second-order valence-electron chi connectivity index (χ2n) is 10.3. The maximum atomic E-state index is 13.0. The Kier molecular flexibility index (Phi) is 8.30. The lowest BCUT2D eigenvalue weighted by Crippen LogP contribution is -2.43. The first kappa shape index (κ1) is 25.9. The third kappa shape index (κ3) is 5.96. The molecule has 1 fully saturated rings. The summed E-state index contributed by atoms with van der Waals surface area (Å²) in [5.41, 5.74) is 2.16. The lowest BCUT2D eigenvalue weighted by atomic mass is 9.98. The number of nitrogens with zero attached hydrogens (tertiary/aromatic N) is 3.